The van der Waals surface area contributed by atoms with Crippen molar-refractivity contribution in [3.63, 3.8) is 0 Å². The summed E-state index contributed by atoms with van der Waals surface area (Å²) in [6.07, 6.45) is 3.67. The second-order valence-electron chi connectivity index (χ2n) is 3.09. The van der Waals surface area contributed by atoms with Crippen LogP contribution in [0, 0.1) is 5.92 Å². The second kappa shape index (κ2) is 4.12. The van der Waals surface area contributed by atoms with E-state index >= 15 is 0 Å². The molecule has 0 unspecified atom stereocenters. The average molecular weight is 165 g/mol. The van der Waals surface area contributed by atoms with Gasteiger partial charge in [-0.15, -0.1) is 0 Å². The van der Waals surface area contributed by atoms with E-state index in [1.807, 2.05) is 18.2 Å². The van der Waals surface area contributed by atoms with Gasteiger partial charge in [-0.2, -0.15) is 0 Å². The minimum absolute atomic E-state index is 0.486. The summed E-state index contributed by atoms with van der Waals surface area (Å²) in [4.78, 5) is 0. The third kappa shape index (κ3) is 2.24. The first-order valence-corrected chi connectivity index (χ1v) is 4.18. The molecule has 0 saturated heterocycles. The maximum absolute atomic E-state index is 5.58. The van der Waals surface area contributed by atoms with Gasteiger partial charge >= 0.3 is 0 Å². The Morgan fingerprint density at radius 3 is 2.83 bits per heavy atom. The van der Waals surface area contributed by atoms with Gasteiger partial charge in [-0.1, -0.05) is 19.4 Å². The van der Waals surface area contributed by atoms with Gasteiger partial charge in [0.15, 0.2) is 0 Å². The molecule has 12 heavy (non-hydrogen) atoms. The Morgan fingerprint density at radius 2 is 2.42 bits per heavy atom. The monoisotopic (exact) mass is 165 g/mol. The molecule has 0 atom stereocenters. The minimum atomic E-state index is 0.486. The van der Waals surface area contributed by atoms with E-state index in [9.17, 15) is 0 Å². The first-order valence-electron chi connectivity index (χ1n) is 4.18. The standard InChI is InChI=1S/C10H15NO/c1-8(2)9(7-11)6-10-4-3-5-12-10/h3-6,8H,7,11H2,1-2H3. The molecule has 0 amide bonds. The maximum atomic E-state index is 5.58. The van der Waals surface area contributed by atoms with Crippen LogP contribution in [0.2, 0.25) is 0 Å². The summed E-state index contributed by atoms with van der Waals surface area (Å²) in [6, 6.07) is 3.80. The molecule has 0 aliphatic rings. The molecule has 1 aromatic heterocycles. The van der Waals surface area contributed by atoms with Crippen LogP contribution in [-0.2, 0) is 0 Å². The Morgan fingerprint density at radius 1 is 1.67 bits per heavy atom. The van der Waals surface area contributed by atoms with Crippen LogP contribution in [0.1, 0.15) is 19.6 Å². The van der Waals surface area contributed by atoms with E-state index in [1.54, 1.807) is 6.26 Å². The van der Waals surface area contributed by atoms with E-state index in [-0.39, 0.29) is 0 Å². The SMILES string of the molecule is CC(C)C(=Cc1ccco1)CN. The maximum Gasteiger partial charge on any atom is 0.126 e. The lowest BCUT2D eigenvalue weighted by Gasteiger charge is -2.06. The molecule has 0 bridgehead atoms. The van der Waals surface area contributed by atoms with Crippen molar-refractivity contribution in [3.8, 4) is 0 Å². The molecule has 0 aromatic carbocycles. The van der Waals surface area contributed by atoms with Crippen LogP contribution in [0.4, 0.5) is 0 Å². The van der Waals surface area contributed by atoms with Crippen LogP contribution in [-0.4, -0.2) is 6.54 Å². The van der Waals surface area contributed by atoms with Gasteiger partial charge in [-0.3, -0.25) is 0 Å². The van der Waals surface area contributed by atoms with Gasteiger partial charge in [-0.05, 0) is 24.1 Å². The lowest BCUT2D eigenvalue weighted by Crippen LogP contribution is -2.07. The van der Waals surface area contributed by atoms with E-state index in [0.29, 0.717) is 12.5 Å². The fraction of sp³-hybridized carbons (Fsp3) is 0.400. The summed E-state index contributed by atoms with van der Waals surface area (Å²) >= 11 is 0. The van der Waals surface area contributed by atoms with Gasteiger partial charge < -0.3 is 10.2 Å². The van der Waals surface area contributed by atoms with Crippen LogP contribution in [0.5, 0.6) is 0 Å². The van der Waals surface area contributed by atoms with E-state index in [4.69, 9.17) is 10.2 Å². The zero-order valence-electron chi connectivity index (χ0n) is 7.58. The number of rotatable bonds is 3. The Labute approximate surface area is 73.1 Å². The summed E-state index contributed by atoms with van der Waals surface area (Å²) in [7, 11) is 0. The van der Waals surface area contributed by atoms with Crippen LogP contribution < -0.4 is 5.73 Å². The molecular weight excluding hydrogens is 150 g/mol. The van der Waals surface area contributed by atoms with Crippen molar-refractivity contribution in [2.45, 2.75) is 13.8 Å². The minimum Gasteiger partial charge on any atom is -0.465 e. The highest BCUT2D eigenvalue weighted by Gasteiger charge is 2.01. The van der Waals surface area contributed by atoms with Crippen molar-refractivity contribution in [2.75, 3.05) is 6.54 Å². The highest BCUT2D eigenvalue weighted by atomic mass is 16.3. The summed E-state index contributed by atoms with van der Waals surface area (Å²) in [5.41, 5.74) is 6.79. The number of furan rings is 1. The van der Waals surface area contributed by atoms with E-state index in [1.165, 1.54) is 5.57 Å². The second-order valence-corrected chi connectivity index (χ2v) is 3.09. The highest BCUT2D eigenvalue weighted by molar-refractivity contribution is 5.48. The first kappa shape index (κ1) is 9.07. The van der Waals surface area contributed by atoms with Gasteiger partial charge in [0.1, 0.15) is 5.76 Å². The molecule has 0 spiro atoms. The summed E-state index contributed by atoms with van der Waals surface area (Å²) in [6.45, 7) is 4.85. The molecule has 0 saturated carbocycles. The van der Waals surface area contributed by atoms with Gasteiger partial charge in [0.25, 0.3) is 0 Å². The molecule has 1 heterocycles. The van der Waals surface area contributed by atoms with Crippen molar-refractivity contribution in [3.05, 3.63) is 29.7 Å². The quantitative estimate of drug-likeness (QED) is 0.746. The molecule has 2 nitrogen and oxygen atoms in total. The zero-order valence-corrected chi connectivity index (χ0v) is 7.58. The van der Waals surface area contributed by atoms with Crippen LogP contribution in [0.3, 0.4) is 0 Å². The lowest BCUT2D eigenvalue weighted by molar-refractivity contribution is 0.555. The molecule has 1 aromatic rings. The van der Waals surface area contributed by atoms with Gasteiger partial charge in [0.05, 0.1) is 6.26 Å². The van der Waals surface area contributed by atoms with Gasteiger partial charge in [-0.25, -0.2) is 0 Å². The topological polar surface area (TPSA) is 39.2 Å². The van der Waals surface area contributed by atoms with E-state index in [2.05, 4.69) is 13.8 Å². The third-order valence-corrected chi connectivity index (χ3v) is 1.85. The third-order valence-electron chi connectivity index (χ3n) is 1.85. The van der Waals surface area contributed by atoms with Crippen molar-refractivity contribution >= 4 is 6.08 Å². The fourth-order valence-corrected chi connectivity index (χ4v) is 1.02. The molecule has 0 fully saturated rings. The predicted molar refractivity (Wildman–Crippen MR) is 50.6 cm³/mol. The molecular formula is C10H15NO. The van der Waals surface area contributed by atoms with Crippen LogP contribution in [0.15, 0.2) is 28.4 Å². The predicted octanol–water partition coefficient (Wildman–Crippen LogP) is 2.28. The Balaban J connectivity index is 2.78. The van der Waals surface area contributed by atoms with Gasteiger partial charge in [0, 0.05) is 6.54 Å². The molecule has 1 rings (SSSR count). The van der Waals surface area contributed by atoms with Crippen LogP contribution in [0.25, 0.3) is 6.08 Å². The fourth-order valence-electron chi connectivity index (χ4n) is 1.02. The molecule has 2 N–H and O–H groups in total. The Bertz CT molecular complexity index is 247. The summed E-state index contributed by atoms with van der Waals surface area (Å²) in [5, 5.41) is 0. The van der Waals surface area contributed by atoms with E-state index in [0.717, 1.165) is 5.76 Å². The van der Waals surface area contributed by atoms with Crippen molar-refractivity contribution in [1.29, 1.82) is 0 Å². The van der Waals surface area contributed by atoms with E-state index < -0.39 is 0 Å². The molecule has 2 heteroatoms. The molecule has 0 radical (unpaired) electrons. The first-order chi connectivity index (χ1) is 5.74. The largest absolute Gasteiger partial charge is 0.465 e. The van der Waals surface area contributed by atoms with Gasteiger partial charge in [0.2, 0.25) is 0 Å². The van der Waals surface area contributed by atoms with Crippen molar-refractivity contribution in [1.82, 2.24) is 0 Å². The van der Waals surface area contributed by atoms with Crippen LogP contribution >= 0.6 is 0 Å². The van der Waals surface area contributed by atoms with Crippen molar-refractivity contribution in [2.24, 2.45) is 11.7 Å². The van der Waals surface area contributed by atoms with Crippen molar-refractivity contribution < 1.29 is 4.42 Å². The molecule has 0 aliphatic carbocycles. The normalized spacial score (nSPS) is 12.5. The molecule has 66 valence electrons. The number of hydrogen-bond donors (Lipinski definition) is 1. The average Bonchev–Trinajstić information content (AvgIpc) is 2.51. The summed E-state index contributed by atoms with van der Waals surface area (Å²) < 4.78 is 5.18. The summed E-state index contributed by atoms with van der Waals surface area (Å²) in [5.74, 6) is 1.37. The smallest absolute Gasteiger partial charge is 0.126 e. The lowest BCUT2D eigenvalue weighted by atomic mass is 10.0. The molecule has 0 aliphatic heterocycles. The Kier molecular flexibility index (Phi) is 3.11. The number of hydrogen-bond acceptors (Lipinski definition) is 2. The highest BCUT2D eigenvalue weighted by Crippen LogP contribution is 2.13. The number of nitrogens with two attached hydrogens (primary N) is 1. The zero-order chi connectivity index (χ0) is 8.97. The Hall–Kier alpha value is -1.02.